The van der Waals surface area contributed by atoms with E-state index in [9.17, 15) is 9.59 Å². The van der Waals surface area contributed by atoms with Gasteiger partial charge >= 0.3 is 5.97 Å². The minimum atomic E-state index is -1.11. The van der Waals surface area contributed by atoms with E-state index in [4.69, 9.17) is 10.8 Å². The second kappa shape index (κ2) is 5.72. The van der Waals surface area contributed by atoms with Gasteiger partial charge in [-0.05, 0) is 18.2 Å². The third kappa shape index (κ3) is 4.43. The summed E-state index contributed by atoms with van der Waals surface area (Å²) >= 11 is 0. The molecule has 0 fully saturated rings. The first-order chi connectivity index (χ1) is 7.58. The van der Waals surface area contributed by atoms with Gasteiger partial charge in [0.1, 0.15) is 13.2 Å². The summed E-state index contributed by atoms with van der Waals surface area (Å²) < 4.78 is 4.62. The normalized spacial score (nSPS) is 9.75. The summed E-state index contributed by atoms with van der Waals surface area (Å²) in [6.45, 7) is -0.800. The van der Waals surface area contributed by atoms with Crippen molar-refractivity contribution in [3.63, 3.8) is 0 Å². The maximum absolute atomic E-state index is 11.2. The van der Waals surface area contributed by atoms with Crippen molar-refractivity contribution in [1.29, 1.82) is 0 Å². The predicted octanol–water partition coefficient (Wildman–Crippen LogP) is 0.308. The van der Waals surface area contributed by atoms with Crippen LogP contribution in [0.5, 0.6) is 0 Å². The van der Waals surface area contributed by atoms with Gasteiger partial charge in [0, 0.05) is 11.4 Å². The molecule has 0 saturated heterocycles. The van der Waals surface area contributed by atoms with Gasteiger partial charge in [0.25, 0.3) is 0 Å². The van der Waals surface area contributed by atoms with Crippen molar-refractivity contribution in [2.45, 2.75) is 0 Å². The van der Waals surface area contributed by atoms with Crippen LogP contribution in [0, 0.1) is 0 Å². The number of carbonyl (C=O) groups excluding carboxylic acids is 1. The first kappa shape index (κ1) is 12.0. The molecule has 16 heavy (non-hydrogen) atoms. The van der Waals surface area contributed by atoms with Crippen LogP contribution in [0.15, 0.2) is 24.3 Å². The van der Waals surface area contributed by atoms with Gasteiger partial charge in [-0.2, -0.15) is 0 Å². The van der Waals surface area contributed by atoms with E-state index in [-0.39, 0.29) is 6.61 Å². The van der Waals surface area contributed by atoms with Gasteiger partial charge in [-0.25, -0.2) is 4.79 Å². The minimum Gasteiger partial charge on any atom is -0.480 e. The molecule has 4 N–H and O–H groups in total. The molecule has 1 rings (SSSR count). The highest BCUT2D eigenvalue weighted by Gasteiger charge is 2.04. The van der Waals surface area contributed by atoms with Crippen LogP contribution in [0.2, 0.25) is 0 Å². The zero-order valence-corrected chi connectivity index (χ0v) is 8.47. The number of rotatable bonds is 5. The molecule has 0 bridgehead atoms. The lowest BCUT2D eigenvalue weighted by molar-refractivity contribution is -0.143. The highest BCUT2D eigenvalue weighted by atomic mass is 16.5. The van der Waals surface area contributed by atoms with E-state index in [0.717, 1.165) is 0 Å². The Bertz CT molecular complexity index is 392. The predicted molar refractivity (Wildman–Crippen MR) is 57.9 cm³/mol. The number of anilines is 2. The molecule has 0 spiro atoms. The Balaban J connectivity index is 2.37. The van der Waals surface area contributed by atoms with E-state index in [0.29, 0.717) is 11.4 Å². The molecular formula is C10H12N2O4. The van der Waals surface area contributed by atoms with Gasteiger partial charge in [0.05, 0.1) is 0 Å². The SMILES string of the molecule is Nc1cccc(NC(=O)COCC(=O)O)c1. The van der Waals surface area contributed by atoms with Crippen molar-refractivity contribution >= 4 is 23.3 Å². The second-order valence-corrected chi connectivity index (χ2v) is 3.06. The summed E-state index contributed by atoms with van der Waals surface area (Å²) in [4.78, 5) is 21.3. The number of carboxylic acid groups (broad SMARTS) is 1. The van der Waals surface area contributed by atoms with Crippen molar-refractivity contribution in [3.8, 4) is 0 Å². The molecule has 0 aliphatic carbocycles. The van der Waals surface area contributed by atoms with Gasteiger partial charge in [-0.15, -0.1) is 0 Å². The number of carbonyl (C=O) groups is 2. The number of carboxylic acids is 1. The summed E-state index contributed by atoms with van der Waals surface area (Å²) in [5, 5.41) is 10.8. The summed E-state index contributed by atoms with van der Waals surface area (Å²) in [6, 6.07) is 6.65. The molecule has 6 nitrogen and oxygen atoms in total. The molecular weight excluding hydrogens is 212 g/mol. The van der Waals surface area contributed by atoms with Gasteiger partial charge in [-0.1, -0.05) is 6.07 Å². The topological polar surface area (TPSA) is 102 Å². The second-order valence-electron chi connectivity index (χ2n) is 3.06. The van der Waals surface area contributed by atoms with Crippen molar-refractivity contribution in [1.82, 2.24) is 0 Å². The molecule has 0 radical (unpaired) electrons. The van der Waals surface area contributed by atoms with Crippen molar-refractivity contribution in [3.05, 3.63) is 24.3 Å². The Morgan fingerprint density at radius 1 is 1.38 bits per heavy atom. The number of amides is 1. The van der Waals surface area contributed by atoms with Crippen molar-refractivity contribution < 1.29 is 19.4 Å². The van der Waals surface area contributed by atoms with Crippen LogP contribution in [0.1, 0.15) is 0 Å². The lowest BCUT2D eigenvalue weighted by Crippen LogP contribution is -2.20. The first-order valence-corrected chi connectivity index (χ1v) is 4.53. The average molecular weight is 224 g/mol. The van der Waals surface area contributed by atoms with Gasteiger partial charge in [0.2, 0.25) is 5.91 Å². The van der Waals surface area contributed by atoms with Crippen LogP contribution in [0.4, 0.5) is 11.4 Å². The number of nitrogens with one attached hydrogen (secondary N) is 1. The first-order valence-electron chi connectivity index (χ1n) is 4.53. The summed E-state index contributed by atoms with van der Waals surface area (Å²) in [6.07, 6.45) is 0. The Hall–Kier alpha value is -2.08. The fourth-order valence-corrected chi connectivity index (χ4v) is 1.04. The fraction of sp³-hybridized carbons (Fsp3) is 0.200. The van der Waals surface area contributed by atoms with Crippen molar-refractivity contribution in [2.75, 3.05) is 24.3 Å². The molecule has 0 atom stereocenters. The zero-order chi connectivity index (χ0) is 12.0. The average Bonchev–Trinajstić information content (AvgIpc) is 2.16. The molecule has 6 heteroatoms. The molecule has 0 aliphatic rings. The van der Waals surface area contributed by atoms with E-state index in [2.05, 4.69) is 10.1 Å². The molecule has 0 unspecified atom stereocenters. The molecule has 1 aromatic rings. The van der Waals surface area contributed by atoms with E-state index in [1.165, 1.54) is 0 Å². The van der Waals surface area contributed by atoms with Crippen LogP contribution in [-0.4, -0.2) is 30.2 Å². The number of benzene rings is 1. The number of nitrogens with two attached hydrogens (primary N) is 1. The van der Waals surface area contributed by atoms with E-state index in [1.807, 2.05) is 0 Å². The lowest BCUT2D eigenvalue weighted by atomic mass is 10.3. The van der Waals surface area contributed by atoms with Crippen LogP contribution in [0.3, 0.4) is 0 Å². The summed E-state index contributed by atoms with van der Waals surface area (Å²) in [5.74, 6) is -1.54. The van der Waals surface area contributed by atoms with E-state index in [1.54, 1.807) is 24.3 Å². The Labute approximate surface area is 92.0 Å². The number of hydrogen-bond donors (Lipinski definition) is 3. The fourth-order valence-electron chi connectivity index (χ4n) is 1.04. The van der Waals surface area contributed by atoms with Crippen LogP contribution < -0.4 is 11.1 Å². The molecule has 0 heterocycles. The molecule has 1 aromatic carbocycles. The Morgan fingerprint density at radius 3 is 2.75 bits per heavy atom. The van der Waals surface area contributed by atoms with Crippen LogP contribution >= 0.6 is 0 Å². The molecule has 0 saturated carbocycles. The smallest absolute Gasteiger partial charge is 0.329 e. The standard InChI is InChI=1S/C10H12N2O4/c11-7-2-1-3-8(4-7)12-9(13)5-16-6-10(14)15/h1-4H,5-6,11H2,(H,12,13)(H,14,15). The molecule has 86 valence electrons. The minimum absolute atomic E-state index is 0.304. The lowest BCUT2D eigenvalue weighted by Gasteiger charge is -2.05. The quantitative estimate of drug-likeness (QED) is 0.625. The third-order valence-electron chi connectivity index (χ3n) is 1.63. The largest absolute Gasteiger partial charge is 0.480 e. The summed E-state index contributed by atoms with van der Waals surface area (Å²) in [5.41, 5.74) is 6.59. The highest BCUT2D eigenvalue weighted by molar-refractivity contribution is 5.92. The monoisotopic (exact) mass is 224 g/mol. The maximum Gasteiger partial charge on any atom is 0.329 e. The van der Waals surface area contributed by atoms with Gasteiger partial charge in [0.15, 0.2) is 0 Å². The third-order valence-corrected chi connectivity index (χ3v) is 1.63. The number of ether oxygens (including phenoxy) is 1. The van der Waals surface area contributed by atoms with Gasteiger partial charge < -0.3 is 20.9 Å². The zero-order valence-electron chi connectivity index (χ0n) is 8.47. The molecule has 0 aliphatic heterocycles. The van der Waals surface area contributed by atoms with Crippen LogP contribution in [0.25, 0.3) is 0 Å². The maximum atomic E-state index is 11.2. The highest BCUT2D eigenvalue weighted by Crippen LogP contribution is 2.11. The summed E-state index contributed by atoms with van der Waals surface area (Å²) in [7, 11) is 0. The molecule has 0 aromatic heterocycles. The Kier molecular flexibility index (Phi) is 4.28. The van der Waals surface area contributed by atoms with E-state index < -0.39 is 18.5 Å². The van der Waals surface area contributed by atoms with Crippen molar-refractivity contribution in [2.24, 2.45) is 0 Å². The number of hydrogen-bond acceptors (Lipinski definition) is 4. The Morgan fingerprint density at radius 2 is 2.12 bits per heavy atom. The van der Waals surface area contributed by atoms with Gasteiger partial charge in [-0.3, -0.25) is 4.79 Å². The molecule has 1 amide bonds. The number of aliphatic carboxylic acids is 1. The number of nitrogen functional groups attached to an aromatic ring is 1. The van der Waals surface area contributed by atoms with E-state index >= 15 is 0 Å². The van der Waals surface area contributed by atoms with Crippen LogP contribution in [-0.2, 0) is 14.3 Å².